The molecule has 138 valence electrons. The van der Waals surface area contributed by atoms with Gasteiger partial charge in [-0.05, 0) is 31.0 Å². The molecule has 2 amide bonds. The lowest BCUT2D eigenvalue weighted by Gasteiger charge is -2.41. The van der Waals surface area contributed by atoms with E-state index >= 15 is 0 Å². The van der Waals surface area contributed by atoms with Crippen LogP contribution < -0.4 is 4.90 Å². The number of rotatable bonds is 6. The normalized spacial score (nSPS) is 17.6. The van der Waals surface area contributed by atoms with Gasteiger partial charge in [0.1, 0.15) is 13.1 Å². The molecule has 6 heteroatoms. The number of aromatic nitrogens is 2. The van der Waals surface area contributed by atoms with E-state index in [9.17, 15) is 9.59 Å². The van der Waals surface area contributed by atoms with Crippen molar-refractivity contribution in [1.29, 1.82) is 0 Å². The molecule has 0 unspecified atom stereocenters. The number of piperazine rings is 1. The summed E-state index contributed by atoms with van der Waals surface area (Å²) in [5.41, 5.74) is 2.04. The molecular weight excluding hydrogens is 328 g/mol. The smallest absolute Gasteiger partial charge is 0.246 e. The van der Waals surface area contributed by atoms with Crippen molar-refractivity contribution < 1.29 is 9.59 Å². The van der Waals surface area contributed by atoms with Gasteiger partial charge in [0, 0.05) is 24.6 Å². The van der Waals surface area contributed by atoms with Crippen LogP contribution in [0, 0.1) is 6.92 Å². The molecule has 0 radical (unpaired) electrons. The Morgan fingerprint density at radius 3 is 2.88 bits per heavy atom. The lowest BCUT2D eigenvalue weighted by atomic mass is 10.0. The number of carbonyl (C=O) groups is 2. The Morgan fingerprint density at radius 1 is 1.35 bits per heavy atom. The molecule has 1 atom stereocenters. The highest BCUT2D eigenvalue weighted by atomic mass is 16.2. The average Bonchev–Trinajstić information content (AvgIpc) is 3.13. The monoisotopic (exact) mass is 354 g/mol. The standard InChI is InChI=1S/C20H26N4O2/c1-3-4-7-18-12-23(17-8-5-6-16(2)11-17)20(26)14-24(18)19(25)13-22-10-9-21-15-22/h5-6,8-11,15,18H,3-4,7,12-14H2,1-2H3/t18-/m1/s1. The third-order valence-electron chi connectivity index (χ3n) is 4.84. The van der Waals surface area contributed by atoms with E-state index in [-0.39, 0.29) is 30.9 Å². The van der Waals surface area contributed by atoms with E-state index in [4.69, 9.17) is 0 Å². The molecule has 1 aromatic carbocycles. The van der Waals surface area contributed by atoms with Gasteiger partial charge in [0.25, 0.3) is 0 Å². The van der Waals surface area contributed by atoms with E-state index in [0.717, 1.165) is 30.5 Å². The molecule has 0 saturated carbocycles. The molecule has 1 saturated heterocycles. The second-order valence-electron chi connectivity index (χ2n) is 6.90. The summed E-state index contributed by atoms with van der Waals surface area (Å²) in [5.74, 6) is -0.0522. The average molecular weight is 354 g/mol. The molecule has 2 aromatic rings. The third kappa shape index (κ3) is 4.12. The Morgan fingerprint density at radius 2 is 2.19 bits per heavy atom. The van der Waals surface area contributed by atoms with Crippen molar-refractivity contribution in [2.24, 2.45) is 0 Å². The highest BCUT2D eigenvalue weighted by Gasteiger charge is 2.35. The van der Waals surface area contributed by atoms with E-state index in [1.807, 2.05) is 36.1 Å². The first kappa shape index (κ1) is 18.2. The predicted octanol–water partition coefficient (Wildman–Crippen LogP) is 2.63. The molecule has 1 aliphatic heterocycles. The van der Waals surface area contributed by atoms with Crippen molar-refractivity contribution in [3.8, 4) is 0 Å². The van der Waals surface area contributed by atoms with Crippen molar-refractivity contribution in [3.63, 3.8) is 0 Å². The summed E-state index contributed by atoms with van der Waals surface area (Å²) in [7, 11) is 0. The number of unbranched alkanes of at least 4 members (excludes halogenated alkanes) is 1. The zero-order valence-electron chi connectivity index (χ0n) is 15.5. The first-order valence-electron chi connectivity index (χ1n) is 9.20. The van der Waals surface area contributed by atoms with Crippen LogP contribution in [0.3, 0.4) is 0 Å². The van der Waals surface area contributed by atoms with Crippen molar-refractivity contribution in [1.82, 2.24) is 14.5 Å². The molecule has 1 fully saturated rings. The van der Waals surface area contributed by atoms with Crippen LogP contribution in [0.15, 0.2) is 43.0 Å². The third-order valence-corrected chi connectivity index (χ3v) is 4.84. The van der Waals surface area contributed by atoms with Crippen LogP contribution in [0.4, 0.5) is 5.69 Å². The molecule has 0 aliphatic carbocycles. The largest absolute Gasteiger partial charge is 0.328 e. The summed E-state index contributed by atoms with van der Waals surface area (Å²) >= 11 is 0. The van der Waals surface area contributed by atoms with Crippen LogP contribution in [0.25, 0.3) is 0 Å². The molecule has 6 nitrogen and oxygen atoms in total. The summed E-state index contributed by atoms with van der Waals surface area (Å²) in [4.78, 5) is 33.1. The Hall–Kier alpha value is -2.63. The van der Waals surface area contributed by atoms with Gasteiger partial charge < -0.3 is 14.4 Å². The van der Waals surface area contributed by atoms with Crippen LogP contribution in [0.5, 0.6) is 0 Å². The summed E-state index contributed by atoms with van der Waals surface area (Å²) in [6, 6.07) is 8.02. The van der Waals surface area contributed by atoms with Gasteiger partial charge in [0.15, 0.2) is 0 Å². The highest BCUT2D eigenvalue weighted by Crippen LogP contribution is 2.24. The minimum absolute atomic E-state index is 0.0256. The predicted molar refractivity (Wildman–Crippen MR) is 101 cm³/mol. The Labute approximate surface area is 154 Å². The van der Waals surface area contributed by atoms with Gasteiger partial charge in [-0.3, -0.25) is 9.59 Å². The van der Waals surface area contributed by atoms with E-state index in [2.05, 4.69) is 11.9 Å². The van der Waals surface area contributed by atoms with Crippen LogP contribution in [0.2, 0.25) is 0 Å². The number of hydrogen-bond donors (Lipinski definition) is 0. The number of amides is 2. The molecule has 3 rings (SSSR count). The van der Waals surface area contributed by atoms with Gasteiger partial charge in [-0.2, -0.15) is 0 Å². The second kappa shape index (κ2) is 8.17. The lowest BCUT2D eigenvalue weighted by Crippen LogP contribution is -2.58. The minimum atomic E-state index is -0.0265. The molecule has 1 aromatic heterocycles. The Kier molecular flexibility index (Phi) is 5.71. The highest BCUT2D eigenvalue weighted by molar-refractivity contribution is 5.98. The number of nitrogens with zero attached hydrogens (tertiary/aromatic N) is 4. The first-order valence-corrected chi connectivity index (χ1v) is 9.20. The molecule has 1 aliphatic rings. The zero-order valence-corrected chi connectivity index (χ0v) is 15.5. The number of aryl methyl sites for hydroxylation is 1. The van der Waals surface area contributed by atoms with Gasteiger partial charge in [-0.1, -0.05) is 31.9 Å². The van der Waals surface area contributed by atoms with Gasteiger partial charge in [0.05, 0.1) is 12.4 Å². The number of imidazole rings is 1. The van der Waals surface area contributed by atoms with E-state index in [1.54, 1.807) is 28.2 Å². The van der Waals surface area contributed by atoms with Crippen molar-refractivity contribution >= 4 is 17.5 Å². The Balaban J connectivity index is 1.78. The topological polar surface area (TPSA) is 58.4 Å². The van der Waals surface area contributed by atoms with Crippen molar-refractivity contribution in [2.75, 3.05) is 18.0 Å². The first-order chi connectivity index (χ1) is 12.6. The van der Waals surface area contributed by atoms with Crippen molar-refractivity contribution in [3.05, 3.63) is 48.5 Å². The number of hydrogen-bond acceptors (Lipinski definition) is 3. The zero-order chi connectivity index (χ0) is 18.5. The fraction of sp³-hybridized carbons (Fsp3) is 0.450. The van der Waals surface area contributed by atoms with Crippen LogP contribution >= 0.6 is 0 Å². The quantitative estimate of drug-likeness (QED) is 0.801. The van der Waals surface area contributed by atoms with Gasteiger partial charge in [-0.15, -0.1) is 0 Å². The molecular formula is C20H26N4O2. The van der Waals surface area contributed by atoms with E-state index < -0.39 is 0 Å². The van der Waals surface area contributed by atoms with E-state index in [0.29, 0.717) is 6.54 Å². The molecule has 0 spiro atoms. The molecule has 0 bridgehead atoms. The number of benzene rings is 1. The van der Waals surface area contributed by atoms with E-state index in [1.165, 1.54) is 0 Å². The minimum Gasteiger partial charge on any atom is -0.328 e. The van der Waals surface area contributed by atoms with Crippen LogP contribution in [-0.4, -0.2) is 45.4 Å². The van der Waals surface area contributed by atoms with Gasteiger partial charge in [0.2, 0.25) is 11.8 Å². The SMILES string of the molecule is CCCC[C@@H]1CN(c2cccc(C)c2)C(=O)CN1C(=O)Cn1ccnc1. The number of anilines is 1. The summed E-state index contributed by atoms with van der Waals surface area (Å²) in [6.07, 6.45) is 8.06. The van der Waals surface area contributed by atoms with Crippen molar-refractivity contribution in [2.45, 2.75) is 45.7 Å². The molecule has 2 heterocycles. The molecule has 0 N–H and O–H groups in total. The maximum Gasteiger partial charge on any atom is 0.246 e. The van der Waals surface area contributed by atoms with Gasteiger partial charge in [-0.25, -0.2) is 4.98 Å². The maximum atomic E-state index is 12.8. The fourth-order valence-corrected chi connectivity index (χ4v) is 3.42. The Bertz CT molecular complexity index is 757. The maximum absolute atomic E-state index is 12.8. The number of carbonyl (C=O) groups excluding carboxylic acids is 2. The van der Waals surface area contributed by atoms with Crippen LogP contribution in [0.1, 0.15) is 31.7 Å². The summed E-state index contributed by atoms with van der Waals surface area (Å²) < 4.78 is 1.75. The molecule has 26 heavy (non-hydrogen) atoms. The summed E-state index contributed by atoms with van der Waals surface area (Å²) in [6.45, 7) is 5.07. The van der Waals surface area contributed by atoms with Gasteiger partial charge >= 0.3 is 0 Å². The summed E-state index contributed by atoms with van der Waals surface area (Å²) in [5, 5.41) is 0. The lowest BCUT2D eigenvalue weighted by molar-refractivity contribution is -0.140. The second-order valence-corrected chi connectivity index (χ2v) is 6.90. The van der Waals surface area contributed by atoms with Crippen LogP contribution in [-0.2, 0) is 16.1 Å². The fourth-order valence-electron chi connectivity index (χ4n) is 3.42.